The zero-order valence-corrected chi connectivity index (χ0v) is 20.2. The van der Waals surface area contributed by atoms with E-state index in [1.807, 2.05) is 11.8 Å². The molecule has 4 nitrogen and oxygen atoms in total. The first-order valence-electron chi connectivity index (χ1n) is 11.4. The smallest absolute Gasteiger partial charge is 0.410 e. The number of amides is 1. The molecule has 2 saturated heterocycles. The second kappa shape index (κ2) is 9.33. The molecule has 0 saturated carbocycles. The highest BCUT2D eigenvalue weighted by molar-refractivity contribution is 6.83. The van der Waals surface area contributed by atoms with Crippen molar-refractivity contribution < 1.29 is 14.6 Å². The summed E-state index contributed by atoms with van der Waals surface area (Å²) in [7, 11) is -1.43. The Hall–Kier alpha value is -0.813. The first kappa shape index (κ1) is 23.5. The number of carbonyl (C=O) groups excluding carboxylic acids is 1. The molecule has 0 aromatic rings. The van der Waals surface area contributed by atoms with Crippen molar-refractivity contribution in [2.45, 2.75) is 121 Å². The van der Waals surface area contributed by atoms with Crippen molar-refractivity contribution in [2.24, 2.45) is 0 Å². The van der Waals surface area contributed by atoms with Gasteiger partial charge >= 0.3 is 6.09 Å². The molecule has 0 aromatic carbocycles. The molecular weight excluding hydrogens is 366 g/mol. The van der Waals surface area contributed by atoms with Crippen LogP contribution in [0.5, 0.6) is 0 Å². The molecule has 2 aliphatic heterocycles. The van der Waals surface area contributed by atoms with Gasteiger partial charge in [0.15, 0.2) is 0 Å². The summed E-state index contributed by atoms with van der Waals surface area (Å²) in [4.78, 5) is 14.1. The Kier molecular flexibility index (Phi) is 7.82. The zero-order valence-electron chi connectivity index (χ0n) is 19.2. The minimum atomic E-state index is -1.43. The van der Waals surface area contributed by atoms with Crippen LogP contribution < -0.4 is 0 Å². The van der Waals surface area contributed by atoms with Gasteiger partial charge in [-0.3, -0.25) is 0 Å². The fraction of sp³-hybridized carbons (Fsp3) is 0.870. The van der Waals surface area contributed by atoms with Crippen LogP contribution in [-0.2, 0) is 4.74 Å². The fourth-order valence-corrected chi connectivity index (χ4v) is 12.3. The fourth-order valence-electron chi connectivity index (χ4n) is 6.28. The topological polar surface area (TPSA) is 49.8 Å². The van der Waals surface area contributed by atoms with Crippen molar-refractivity contribution in [1.29, 1.82) is 0 Å². The van der Waals surface area contributed by atoms with E-state index in [1.165, 1.54) is 6.04 Å². The molecule has 28 heavy (non-hydrogen) atoms. The summed E-state index contributed by atoms with van der Waals surface area (Å²) in [5.74, 6) is 0. The Morgan fingerprint density at radius 3 is 2.00 bits per heavy atom. The molecule has 2 heterocycles. The molecule has 0 radical (unpaired) electrons. The van der Waals surface area contributed by atoms with E-state index in [0.717, 1.165) is 29.5 Å². The van der Waals surface area contributed by atoms with Gasteiger partial charge in [-0.05, 0) is 45.1 Å². The average molecular weight is 410 g/mol. The molecule has 0 aliphatic carbocycles. The van der Waals surface area contributed by atoms with E-state index in [1.54, 1.807) is 0 Å². The van der Waals surface area contributed by atoms with Crippen LogP contribution in [0, 0.1) is 0 Å². The van der Waals surface area contributed by atoms with Crippen molar-refractivity contribution in [1.82, 2.24) is 4.90 Å². The third-order valence-electron chi connectivity index (χ3n) is 7.69. The maximum atomic E-state index is 12.2. The Morgan fingerprint density at radius 2 is 1.57 bits per heavy atom. The number of rotatable bonds is 8. The van der Waals surface area contributed by atoms with Crippen molar-refractivity contribution in [3.63, 3.8) is 0 Å². The number of carbonyl (C=O) groups is 1. The highest BCUT2D eigenvalue weighted by Crippen LogP contribution is 2.45. The lowest BCUT2D eigenvalue weighted by atomic mass is 9.83. The molecule has 5 heteroatoms. The summed E-state index contributed by atoms with van der Waals surface area (Å²) in [6.07, 6.45) is 8.42. The minimum absolute atomic E-state index is 0.131. The van der Waals surface area contributed by atoms with E-state index >= 15 is 0 Å². The second-order valence-corrected chi connectivity index (χ2v) is 16.2. The summed E-state index contributed by atoms with van der Waals surface area (Å²) in [6, 6.07) is 1.45. The summed E-state index contributed by atoms with van der Waals surface area (Å²) in [6.45, 7) is 16.7. The van der Waals surface area contributed by atoms with Gasteiger partial charge in [0.25, 0.3) is 0 Å². The number of hydrogen-bond acceptors (Lipinski definition) is 3. The number of piperidine rings is 1. The van der Waals surface area contributed by atoms with Crippen molar-refractivity contribution in [2.75, 3.05) is 6.61 Å². The summed E-state index contributed by atoms with van der Waals surface area (Å²) in [5, 5.41) is 11.2. The molecule has 1 amide bonds. The Labute approximate surface area is 173 Å². The lowest BCUT2D eigenvalue weighted by Crippen LogP contribution is -2.53. The summed E-state index contributed by atoms with van der Waals surface area (Å²) < 4.78 is 5.23. The van der Waals surface area contributed by atoms with E-state index in [4.69, 9.17) is 4.74 Å². The monoisotopic (exact) mass is 409 g/mol. The molecule has 3 atom stereocenters. The van der Waals surface area contributed by atoms with E-state index in [-0.39, 0.29) is 18.2 Å². The van der Waals surface area contributed by atoms with Crippen molar-refractivity contribution >= 4 is 14.2 Å². The van der Waals surface area contributed by atoms with Gasteiger partial charge in [0.2, 0.25) is 0 Å². The summed E-state index contributed by atoms with van der Waals surface area (Å²) >= 11 is 0. The molecule has 0 aromatic heterocycles. The van der Waals surface area contributed by atoms with E-state index in [0.29, 0.717) is 25.9 Å². The van der Waals surface area contributed by atoms with E-state index < -0.39 is 13.7 Å². The van der Waals surface area contributed by atoms with Crippen molar-refractivity contribution in [3.05, 3.63) is 12.2 Å². The van der Waals surface area contributed by atoms with Crippen molar-refractivity contribution in [3.8, 4) is 0 Å². The lowest BCUT2D eigenvalue weighted by Gasteiger charge is -2.43. The van der Waals surface area contributed by atoms with Crippen LogP contribution >= 0.6 is 0 Å². The van der Waals surface area contributed by atoms with Gasteiger partial charge in [-0.1, -0.05) is 70.3 Å². The molecular formula is C23H43NO3Si. The maximum Gasteiger partial charge on any atom is 0.410 e. The van der Waals surface area contributed by atoms with Gasteiger partial charge in [0.1, 0.15) is 0 Å². The third kappa shape index (κ3) is 4.67. The predicted octanol–water partition coefficient (Wildman–Crippen LogP) is 6.13. The van der Waals surface area contributed by atoms with E-state index in [9.17, 15) is 9.90 Å². The number of aliphatic hydroxyl groups is 1. The van der Waals surface area contributed by atoms with E-state index in [2.05, 4.69) is 53.7 Å². The zero-order chi connectivity index (χ0) is 21.1. The molecule has 162 valence electrons. The van der Waals surface area contributed by atoms with Crippen LogP contribution in [0.25, 0.3) is 0 Å². The van der Waals surface area contributed by atoms with Gasteiger partial charge in [0, 0.05) is 12.1 Å². The highest BCUT2D eigenvalue weighted by atomic mass is 28.3. The van der Waals surface area contributed by atoms with Gasteiger partial charge in [-0.2, -0.15) is 0 Å². The van der Waals surface area contributed by atoms with Crippen LogP contribution in [0.4, 0.5) is 4.79 Å². The number of allylic oxidation sites excluding steroid dienone is 1. The van der Waals surface area contributed by atoms with Crippen LogP contribution in [-0.4, -0.2) is 48.5 Å². The minimum Gasteiger partial charge on any atom is -0.450 e. The van der Waals surface area contributed by atoms with Gasteiger partial charge in [-0.25, -0.2) is 4.79 Å². The maximum absolute atomic E-state index is 12.2. The van der Waals surface area contributed by atoms with Gasteiger partial charge in [-0.15, -0.1) is 0 Å². The normalized spacial score (nSPS) is 28.2. The number of fused-ring (bicyclic) bond motifs is 2. The quantitative estimate of drug-likeness (QED) is 0.388. The largest absolute Gasteiger partial charge is 0.450 e. The Bertz CT molecular complexity index is 522. The van der Waals surface area contributed by atoms with Crippen LogP contribution in [0.2, 0.25) is 22.7 Å². The molecule has 1 N–H and O–H groups in total. The highest BCUT2D eigenvalue weighted by Gasteiger charge is 2.49. The number of ether oxygens (including phenoxy) is 1. The first-order chi connectivity index (χ1) is 13.1. The third-order valence-corrected chi connectivity index (χ3v) is 15.1. The SMILES string of the molecule is CCOC(=O)N1[C@@H]2CC[C@H]1CC(O)(C/C=C/C[Si](C(C)C)(C(C)C)C(C)C)C2. The number of hydrogen-bond donors (Lipinski definition) is 1. The van der Waals surface area contributed by atoms with Gasteiger partial charge < -0.3 is 14.7 Å². The molecule has 2 fully saturated rings. The molecule has 2 rings (SSSR count). The average Bonchev–Trinajstić information content (AvgIpc) is 2.87. The summed E-state index contributed by atoms with van der Waals surface area (Å²) in [5.41, 5.74) is 1.58. The first-order valence-corrected chi connectivity index (χ1v) is 13.8. The molecule has 2 bridgehead atoms. The van der Waals surface area contributed by atoms with Gasteiger partial charge in [0.05, 0.1) is 20.3 Å². The Morgan fingerprint density at radius 1 is 1.07 bits per heavy atom. The second-order valence-electron chi connectivity index (χ2n) is 10.1. The molecule has 1 unspecified atom stereocenters. The number of nitrogens with zero attached hydrogens (tertiary/aromatic N) is 1. The van der Waals surface area contributed by atoms with Crippen LogP contribution in [0.1, 0.15) is 80.6 Å². The lowest BCUT2D eigenvalue weighted by molar-refractivity contribution is -0.0456. The standard InChI is InChI=1S/C23H43NO3Si/c1-8-27-22(25)24-20-11-12-21(24)16-23(26,15-20)13-9-10-14-28(17(2)3,18(4)5)19(6)7/h9-10,17-21,26H,8,11-16H2,1-7H3/b10-9+/t20-,21+,23?. The Balaban J connectivity index is 2.00. The molecule has 0 spiro atoms. The molecule has 2 aliphatic rings. The van der Waals surface area contributed by atoms with Crippen LogP contribution in [0.15, 0.2) is 12.2 Å². The predicted molar refractivity (Wildman–Crippen MR) is 119 cm³/mol. The van der Waals surface area contributed by atoms with Crippen LogP contribution in [0.3, 0.4) is 0 Å².